The third kappa shape index (κ3) is 3.64. The summed E-state index contributed by atoms with van der Waals surface area (Å²) in [6, 6.07) is 4.29. The summed E-state index contributed by atoms with van der Waals surface area (Å²) < 4.78 is 15.9. The predicted molar refractivity (Wildman–Crippen MR) is 73.3 cm³/mol. The van der Waals surface area contributed by atoms with Crippen LogP contribution in [0.4, 0.5) is 4.39 Å². The smallest absolute Gasteiger partial charge is 0.254 e. The van der Waals surface area contributed by atoms with Gasteiger partial charge in [0.25, 0.3) is 5.91 Å². The van der Waals surface area contributed by atoms with Gasteiger partial charge in [0.1, 0.15) is 5.82 Å². The predicted octanol–water partition coefficient (Wildman–Crippen LogP) is 2.29. The van der Waals surface area contributed by atoms with Gasteiger partial charge in [0.15, 0.2) is 0 Å². The van der Waals surface area contributed by atoms with Crippen LogP contribution in [0.15, 0.2) is 35.1 Å². The normalized spacial score (nSPS) is 10.5. The van der Waals surface area contributed by atoms with Crippen LogP contribution in [0.3, 0.4) is 0 Å². The summed E-state index contributed by atoms with van der Waals surface area (Å²) in [5.74, 6) is -0.940. The van der Waals surface area contributed by atoms with E-state index in [0.29, 0.717) is 17.4 Å². The van der Waals surface area contributed by atoms with Crippen molar-refractivity contribution in [2.24, 2.45) is 7.05 Å². The highest BCUT2D eigenvalue weighted by Gasteiger charge is 2.11. The molecule has 0 saturated heterocycles. The molecular weight excluding hydrogens is 313 g/mol. The summed E-state index contributed by atoms with van der Waals surface area (Å²) in [5, 5.41) is 6.72. The Bertz CT molecular complexity index is 597. The molecule has 0 aliphatic rings. The first kappa shape index (κ1) is 13.7. The van der Waals surface area contributed by atoms with E-state index in [9.17, 15) is 9.18 Å². The van der Waals surface area contributed by atoms with Crippen LogP contribution in [0.2, 0.25) is 0 Å². The second-order valence-corrected chi connectivity index (χ2v) is 5.07. The third-order valence-electron chi connectivity index (χ3n) is 2.63. The topological polar surface area (TPSA) is 46.9 Å². The molecule has 1 N–H and O–H groups in total. The SMILES string of the molecule is Cn1cc(CCNC(=O)c2cc(Br)ccc2F)cn1. The Labute approximate surface area is 118 Å². The highest BCUT2D eigenvalue weighted by molar-refractivity contribution is 9.10. The first-order valence-electron chi connectivity index (χ1n) is 5.77. The average molecular weight is 326 g/mol. The molecule has 1 aromatic heterocycles. The molecule has 0 atom stereocenters. The van der Waals surface area contributed by atoms with Crippen molar-refractivity contribution in [3.8, 4) is 0 Å². The van der Waals surface area contributed by atoms with Crippen molar-refractivity contribution in [2.45, 2.75) is 6.42 Å². The molecule has 0 unspecified atom stereocenters. The summed E-state index contributed by atoms with van der Waals surface area (Å²) in [5.41, 5.74) is 1.07. The summed E-state index contributed by atoms with van der Waals surface area (Å²) >= 11 is 3.21. The Kier molecular flexibility index (Phi) is 4.31. The molecule has 0 aliphatic carbocycles. The molecule has 6 heteroatoms. The zero-order valence-corrected chi connectivity index (χ0v) is 11.9. The van der Waals surface area contributed by atoms with Crippen LogP contribution < -0.4 is 5.32 Å². The number of nitrogens with zero attached hydrogens (tertiary/aromatic N) is 2. The highest BCUT2D eigenvalue weighted by Crippen LogP contribution is 2.15. The number of halogens is 2. The molecule has 1 aromatic carbocycles. The Balaban J connectivity index is 1.92. The minimum atomic E-state index is -0.526. The molecule has 1 heterocycles. The quantitative estimate of drug-likeness (QED) is 0.937. The van der Waals surface area contributed by atoms with Gasteiger partial charge in [-0.3, -0.25) is 9.48 Å². The molecule has 0 aliphatic heterocycles. The van der Waals surface area contributed by atoms with Crippen molar-refractivity contribution in [2.75, 3.05) is 6.54 Å². The molecule has 0 fully saturated rings. The van der Waals surface area contributed by atoms with Crippen LogP contribution in [0.1, 0.15) is 15.9 Å². The van der Waals surface area contributed by atoms with Crippen molar-refractivity contribution in [3.63, 3.8) is 0 Å². The fraction of sp³-hybridized carbons (Fsp3) is 0.231. The lowest BCUT2D eigenvalue weighted by Gasteiger charge is -2.05. The molecule has 0 spiro atoms. The number of hydrogen-bond acceptors (Lipinski definition) is 2. The second-order valence-electron chi connectivity index (χ2n) is 4.15. The number of benzene rings is 1. The Morgan fingerprint density at radius 3 is 3.00 bits per heavy atom. The summed E-state index contributed by atoms with van der Waals surface area (Å²) in [6.07, 6.45) is 4.28. The average Bonchev–Trinajstić information content (AvgIpc) is 2.78. The number of nitrogens with one attached hydrogen (secondary N) is 1. The Morgan fingerprint density at radius 1 is 1.53 bits per heavy atom. The number of carbonyl (C=O) groups excluding carboxylic acids is 1. The van der Waals surface area contributed by atoms with Gasteiger partial charge in [-0.25, -0.2) is 4.39 Å². The molecule has 100 valence electrons. The van der Waals surface area contributed by atoms with Gasteiger partial charge in [-0.05, 0) is 30.2 Å². The van der Waals surface area contributed by atoms with Crippen LogP contribution in [0.25, 0.3) is 0 Å². The van der Waals surface area contributed by atoms with E-state index in [1.807, 2.05) is 13.2 Å². The maximum atomic E-state index is 13.5. The molecule has 4 nitrogen and oxygen atoms in total. The Hall–Kier alpha value is -1.69. The lowest BCUT2D eigenvalue weighted by molar-refractivity contribution is 0.0950. The third-order valence-corrected chi connectivity index (χ3v) is 3.12. The van der Waals surface area contributed by atoms with Crippen molar-refractivity contribution in [1.82, 2.24) is 15.1 Å². The van der Waals surface area contributed by atoms with Crippen molar-refractivity contribution in [3.05, 3.63) is 52.0 Å². The summed E-state index contributed by atoms with van der Waals surface area (Å²) in [6.45, 7) is 0.441. The van der Waals surface area contributed by atoms with E-state index in [-0.39, 0.29) is 5.56 Å². The molecule has 1 amide bonds. The number of aryl methyl sites for hydroxylation is 1. The monoisotopic (exact) mass is 325 g/mol. The first-order chi connectivity index (χ1) is 9.06. The minimum Gasteiger partial charge on any atom is -0.352 e. The fourth-order valence-corrected chi connectivity index (χ4v) is 2.05. The molecule has 0 saturated carbocycles. The van der Waals surface area contributed by atoms with E-state index in [2.05, 4.69) is 26.3 Å². The van der Waals surface area contributed by atoms with Crippen molar-refractivity contribution >= 4 is 21.8 Å². The summed E-state index contributed by atoms with van der Waals surface area (Å²) in [4.78, 5) is 11.8. The molecular formula is C13H13BrFN3O. The van der Waals surface area contributed by atoms with Crippen molar-refractivity contribution < 1.29 is 9.18 Å². The fourth-order valence-electron chi connectivity index (χ4n) is 1.69. The van der Waals surface area contributed by atoms with Crippen LogP contribution in [-0.2, 0) is 13.5 Å². The maximum Gasteiger partial charge on any atom is 0.254 e. The van der Waals surface area contributed by atoms with E-state index in [4.69, 9.17) is 0 Å². The van der Waals surface area contributed by atoms with Gasteiger partial charge in [0.05, 0.1) is 11.8 Å². The van der Waals surface area contributed by atoms with Crippen molar-refractivity contribution in [1.29, 1.82) is 0 Å². The van der Waals surface area contributed by atoms with Crippen LogP contribution in [0.5, 0.6) is 0 Å². The zero-order chi connectivity index (χ0) is 13.8. The summed E-state index contributed by atoms with van der Waals surface area (Å²) in [7, 11) is 1.83. The van der Waals surface area contributed by atoms with Gasteiger partial charge >= 0.3 is 0 Å². The van der Waals surface area contributed by atoms with E-state index >= 15 is 0 Å². The van der Waals surface area contributed by atoms with Crippen LogP contribution in [-0.4, -0.2) is 22.2 Å². The van der Waals surface area contributed by atoms with Gasteiger partial charge in [-0.2, -0.15) is 5.10 Å². The molecule has 0 bridgehead atoms. The second kappa shape index (κ2) is 5.97. The maximum absolute atomic E-state index is 13.5. The van der Waals surface area contributed by atoms with Gasteiger partial charge in [-0.15, -0.1) is 0 Å². The van der Waals surface area contributed by atoms with Gasteiger partial charge in [0.2, 0.25) is 0 Å². The molecule has 2 rings (SSSR count). The lowest BCUT2D eigenvalue weighted by atomic mass is 10.2. The number of rotatable bonds is 4. The lowest BCUT2D eigenvalue weighted by Crippen LogP contribution is -2.26. The minimum absolute atomic E-state index is 0.0422. The molecule has 2 aromatic rings. The van der Waals surface area contributed by atoms with E-state index in [0.717, 1.165) is 5.56 Å². The number of carbonyl (C=O) groups is 1. The Morgan fingerprint density at radius 2 is 2.32 bits per heavy atom. The van der Waals surface area contributed by atoms with Crippen LogP contribution >= 0.6 is 15.9 Å². The molecule has 19 heavy (non-hydrogen) atoms. The van der Waals surface area contributed by atoms with Gasteiger partial charge in [0, 0.05) is 24.3 Å². The standard InChI is InChI=1S/C13H13BrFN3O/c1-18-8-9(7-17-18)4-5-16-13(19)11-6-10(14)2-3-12(11)15/h2-3,6-8H,4-5H2,1H3,(H,16,19). The van der Waals surface area contributed by atoms with E-state index < -0.39 is 11.7 Å². The zero-order valence-electron chi connectivity index (χ0n) is 10.4. The van der Waals surface area contributed by atoms with Gasteiger partial charge in [-0.1, -0.05) is 15.9 Å². The number of aromatic nitrogens is 2. The number of amides is 1. The number of hydrogen-bond donors (Lipinski definition) is 1. The largest absolute Gasteiger partial charge is 0.352 e. The van der Waals surface area contributed by atoms with Gasteiger partial charge < -0.3 is 5.32 Å². The molecule has 0 radical (unpaired) electrons. The van der Waals surface area contributed by atoms with E-state index in [1.165, 1.54) is 12.1 Å². The van der Waals surface area contributed by atoms with E-state index in [1.54, 1.807) is 16.9 Å². The first-order valence-corrected chi connectivity index (χ1v) is 6.56. The van der Waals surface area contributed by atoms with Crippen LogP contribution in [0, 0.1) is 5.82 Å². The highest BCUT2D eigenvalue weighted by atomic mass is 79.9.